The van der Waals surface area contributed by atoms with Gasteiger partial charge in [0.1, 0.15) is 6.04 Å². The number of amides is 2. The maximum Gasteiger partial charge on any atom is 0.252 e. The van der Waals surface area contributed by atoms with Crippen LogP contribution in [0.2, 0.25) is 0 Å². The van der Waals surface area contributed by atoms with Crippen LogP contribution in [0.4, 0.5) is 0 Å². The smallest absolute Gasteiger partial charge is 0.252 e. The molecule has 1 atom stereocenters. The number of likely N-dealkylation sites (tertiary alicyclic amines) is 1. The Bertz CT molecular complexity index is 559. The van der Waals surface area contributed by atoms with E-state index in [0.717, 1.165) is 0 Å². The quantitative estimate of drug-likeness (QED) is 0.863. The van der Waals surface area contributed by atoms with Crippen molar-refractivity contribution in [1.82, 2.24) is 10.2 Å². The molecule has 1 aromatic carbocycles. The lowest BCUT2D eigenvalue weighted by molar-refractivity contribution is -0.128. The van der Waals surface area contributed by atoms with E-state index in [4.69, 9.17) is 9.47 Å². The van der Waals surface area contributed by atoms with Crippen LogP contribution >= 0.6 is 0 Å². The van der Waals surface area contributed by atoms with E-state index in [1.807, 2.05) is 13.8 Å². The van der Waals surface area contributed by atoms with Crippen molar-refractivity contribution in [2.24, 2.45) is 0 Å². The van der Waals surface area contributed by atoms with Gasteiger partial charge in [0.05, 0.1) is 13.2 Å². The molecule has 1 heterocycles. The minimum absolute atomic E-state index is 0.0516. The van der Waals surface area contributed by atoms with Gasteiger partial charge in [0.15, 0.2) is 11.5 Å². The molecule has 1 fully saturated rings. The van der Waals surface area contributed by atoms with Gasteiger partial charge in [0.2, 0.25) is 5.91 Å². The van der Waals surface area contributed by atoms with E-state index in [1.54, 1.807) is 30.1 Å². The summed E-state index contributed by atoms with van der Waals surface area (Å²) in [6.07, 6.45) is 0.635. The molecule has 1 aliphatic heterocycles. The lowest BCUT2D eigenvalue weighted by Crippen LogP contribution is -2.40. The van der Waals surface area contributed by atoms with Gasteiger partial charge in [-0.3, -0.25) is 9.59 Å². The van der Waals surface area contributed by atoms with E-state index >= 15 is 0 Å². The van der Waals surface area contributed by atoms with Gasteiger partial charge in [-0.1, -0.05) is 0 Å². The molecule has 0 aliphatic carbocycles. The van der Waals surface area contributed by atoms with Crippen LogP contribution in [0.5, 0.6) is 11.5 Å². The first kappa shape index (κ1) is 16.1. The predicted octanol–water partition coefficient (Wildman–Crippen LogP) is 1.44. The molecule has 0 saturated carbocycles. The van der Waals surface area contributed by atoms with Crippen molar-refractivity contribution in [1.29, 1.82) is 0 Å². The molecule has 0 aromatic heterocycles. The Hall–Kier alpha value is -2.24. The van der Waals surface area contributed by atoms with Crippen molar-refractivity contribution in [3.05, 3.63) is 23.8 Å². The molecule has 1 saturated heterocycles. The Labute approximate surface area is 130 Å². The van der Waals surface area contributed by atoms with Gasteiger partial charge in [-0.05, 0) is 38.5 Å². The van der Waals surface area contributed by atoms with Crippen LogP contribution in [-0.2, 0) is 4.79 Å². The second-order valence-corrected chi connectivity index (χ2v) is 5.10. The van der Waals surface area contributed by atoms with Gasteiger partial charge in [-0.2, -0.15) is 0 Å². The molecule has 6 heteroatoms. The third kappa shape index (κ3) is 3.50. The first-order chi connectivity index (χ1) is 10.6. The first-order valence-corrected chi connectivity index (χ1v) is 7.52. The molecule has 1 aliphatic rings. The number of nitrogens with one attached hydrogen (secondary N) is 1. The molecule has 0 spiro atoms. The molecule has 1 aromatic rings. The van der Waals surface area contributed by atoms with Crippen LogP contribution in [0, 0.1) is 0 Å². The first-order valence-electron chi connectivity index (χ1n) is 7.52. The number of nitrogens with zero attached hydrogens (tertiary/aromatic N) is 1. The fourth-order valence-corrected chi connectivity index (χ4v) is 2.39. The molecule has 22 heavy (non-hydrogen) atoms. The normalized spacial score (nSPS) is 17.5. The highest BCUT2D eigenvalue weighted by Gasteiger charge is 2.30. The van der Waals surface area contributed by atoms with E-state index in [2.05, 4.69) is 5.32 Å². The van der Waals surface area contributed by atoms with Crippen molar-refractivity contribution in [3.8, 4) is 11.5 Å². The number of carbonyl (C=O) groups excluding carboxylic acids is 2. The number of rotatable bonds is 6. The summed E-state index contributed by atoms with van der Waals surface area (Å²) in [5, 5.41) is 2.77. The zero-order valence-corrected chi connectivity index (χ0v) is 13.2. The number of hydrogen-bond acceptors (Lipinski definition) is 4. The molecular weight excluding hydrogens is 284 g/mol. The summed E-state index contributed by atoms with van der Waals surface area (Å²) in [6.45, 7) is 5.43. The van der Waals surface area contributed by atoms with Crippen LogP contribution in [0.3, 0.4) is 0 Å². The Morgan fingerprint density at radius 3 is 2.55 bits per heavy atom. The molecule has 0 bridgehead atoms. The molecule has 2 rings (SSSR count). The second-order valence-electron chi connectivity index (χ2n) is 5.10. The summed E-state index contributed by atoms with van der Waals surface area (Å²) in [5.41, 5.74) is 0.453. The zero-order chi connectivity index (χ0) is 16.1. The molecule has 1 N–H and O–H groups in total. The summed E-state index contributed by atoms with van der Waals surface area (Å²) in [5.74, 6) is 0.811. The molecule has 120 valence electrons. The monoisotopic (exact) mass is 306 g/mol. The highest BCUT2D eigenvalue weighted by Crippen LogP contribution is 2.28. The number of carbonyl (C=O) groups is 2. The summed E-state index contributed by atoms with van der Waals surface area (Å²) < 4.78 is 11.0. The fourth-order valence-electron chi connectivity index (χ4n) is 2.39. The second kappa shape index (κ2) is 7.15. The fraction of sp³-hybridized carbons (Fsp3) is 0.500. The summed E-state index contributed by atoms with van der Waals surface area (Å²) in [4.78, 5) is 25.8. The van der Waals surface area contributed by atoms with Gasteiger partial charge in [0, 0.05) is 19.2 Å². The Morgan fingerprint density at radius 2 is 1.95 bits per heavy atom. The topological polar surface area (TPSA) is 67.9 Å². The summed E-state index contributed by atoms with van der Waals surface area (Å²) in [7, 11) is 1.73. The van der Waals surface area contributed by atoms with E-state index in [1.165, 1.54) is 0 Å². The lowest BCUT2D eigenvalue weighted by atomic mass is 10.1. The largest absolute Gasteiger partial charge is 0.490 e. The SMILES string of the molecule is CCOc1ccc(C(=O)N[C@H]2CCN(C)C2=O)cc1OCC. The van der Waals surface area contributed by atoms with Gasteiger partial charge in [-0.25, -0.2) is 0 Å². The Kier molecular flexibility index (Phi) is 5.25. The maximum absolute atomic E-state index is 12.3. The van der Waals surface area contributed by atoms with E-state index < -0.39 is 6.04 Å². The molecule has 0 radical (unpaired) electrons. The van der Waals surface area contributed by atoms with Crippen molar-refractivity contribution < 1.29 is 19.1 Å². The molecular formula is C16H22N2O4. The minimum atomic E-state index is -0.445. The van der Waals surface area contributed by atoms with E-state index in [-0.39, 0.29) is 11.8 Å². The number of benzene rings is 1. The summed E-state index contributed by atoms with van der Waals surface area (Å²) in [6, 6.07) is 4.59. The van der Waals surface area contributed by atoms with Gasteiger partial charge < -0.3 is 19.7 Å². The number of hydrogen-bond donors (Lipinski definition) is 1. The van der Waals surface area contributed by atoms with Crippen molar-refractivity contribution in [2.45, 2.75) is 26.3 Å². The number of ether oxygens (including phenoxy) is 2. The van der Waals surface area contributed by atoms with Gasteiger partial charge in [-0.15, -0.1) is 0 Å². The van der Waals surface area contributed by atoms with Crippen LogP contribution in [0.1, 0.15) is 30.6 Å². The van der Waals surface area contributed by atoms with Crippen LogP contribution in [0.15, 0.2) is 18.2 Å². The van der Waals surface area contributed by atoms with E-state index in [9.17, 15) is 9.59 Å². The number of likely N-dealkylation sites (N-methyl/N-ethyl adjacent to an activating group) is 1. The van der Waals surface area contributed by atoms with Gasteiger partial charge in [0.25, 0.3) is 5.91 Å². The molecule has 0 unspecified atom stereocenters. The van der Waals surface area contributed by atoms with Crippen molar-refractivity contribution in [2.75, 3.05) is 26.8 Å². The average molecular weight is 306 g/mol. The summed E-state index contributed by atoms with van der Waals surface area (Å²) >= 11 is 0. The lowest BCUT2D eigenvalue weighted by Gasteiger charge is -2.14. The molecule has 2 amide bonds. The third-order valence-electron chi connectivity index (χ3n) is 3.54. The highest BCUT2D eigenvalue weighted by atomic mass is 16.5. The minimum Gasteiger partial charge on any atom is -0.490 e. The average Bonchev–Trinajstić information content (AvgIpc) is 2.81. The Morgan fingerprint density at radius 1 is 1.27 bits per heavy atom. The molecule has 6 nitrogen and oxygen atoms in total. The van der Waals surface area contributed by atoms with Crippen molar-refractivity contribution >= 4 is 11.8 Å². The Balaban J connectivity index is 2.12. The van der Waals surface area contributed by atoms with Crippen LogP contribution in [0.25, 0.3) is 0 Å². The maximum atomic E-state index is 12.3. The van der Waals surface area contributed by atoms with Crippen LogP contribution < -0.4 is 14.8 Å². The van der Waals surface area contributed by atoms with Crippen molar-refractivity contribution in [3.63, 3.8) is 0 Å². The van der Waals surface area contributed by atoms with Gasteiger partial charge >= 0.3 is 0 Å². The highest BCUT2D eigenvalue weighted by molar-refractivity contribution is 5.98. The van der Waals surface area contributed by atoms with E-state index in [0.29, 0.717) is 43.2 Å². The standard InChI is InChI=1S/C16H22N2O4/c1-4-21-13-7-6-11(10-14(13)22-5-2)15(19)17-12-8-9-18(3)16(12)20/h6-7,10,12H,4-5,8-9H2,1-3H3,(H,17,19)/t12-/m0/s1. The van der Waals surface area contributed by atoms with Crippen LogP contribution in [-0.4, -0.2) is 49.6 Å². The predicted molar refractivity (Wildman–Crippen MR) is 82.3 cm³/mol. The zero-order valence-electron chi connectivity index (χ0n) is 13.2. The third-order valence-corrected chi connectivity index (χ3v) is 3.54.